The Kier molecular flexibility index (Phi) is 6.33. The smallest absolute Gasteiger partial charge is 0.120 e. The molecule has 0 aliphatic rings. The van der Waals surface area contributed by atoms with Crippen LogP contribution in [0, 0.1) is 26.0 Å². The number of aromatic nitrogens is 2. The standard InChI is InChI=1S/C25H28NOSi.C12H10N.Ir/c1-16-19(25(2,3)4)14-15-26-23(16)18-12-13-21(28(5,6)7)22-17-10-8-9-11-20(17)27-24(18)22;1-10-7-8-13-12(9-10)11-5-3-2-4-6-11;/h8-11,13-15H,1-7H3;2-5,7-9H,1H3;/q2*-1;/i2D3,3D3,4D3;;. The van der Waals surface area contributed by atoms with Crippen LogP contribution in [-0.2, 0) is 25.5 Å². The summed E-state index contributed by atoms with van der Waals surface area (Å²) in [5.41, 5.74) is 1.77. The average Bonchev–Trinajstić information content (AvgIpc) is 3.40. The summed E-state index contributed by atoms with van der Waals surface area (Å²) < 4.78 is 79.4. The second-order valence-electron chi connectivity index (χ2n) is 11.2. The fourth-order valence-electron chi connectivity index (χ4n) is 4.97. The van der Waals surface area contributed by atoms with Crippen molar-refractivity contribution in [3.8, 4) is 22.5 Å². The first-order valence-corrected chi connectivity index (χ1v) is 16.9. The van der Waals surface area contributed by atoms with Crippen LogP contribution >= 0.6 is 0 Å². The molecule has 6 rings (SSSR count). The minimum Gasteiger partial charge on any atom is -0.501 e. The molecule has 0 saturated heterocycles. The van der Waals surface area contributed by atoms with Crippen LogP contribution in [0.1, 0.15) is 49.6 Å². The van der Waals surface area contributed by atoms with Crippen molar-refractivity contribution in [2.24, 2.45) is 0 Å². The van der Waals surface area contributed by atoms with E-state index in [1.165, 1.54) is 24.8 Å². The summed E-state index contributed by atoms with van der Waals surface area (Å²) in [5.74, 6) is 0. The number of aryl methyl sites for hydroxylation is 1. The predicted octanol–water partition coefficient (Wildman–Crippen LogP) is 9.45. The Hall–Kier alpha value is -3.37. The molecule has 0 fully saturated rings. The molecule has 3 heterocycles. The van der Waals surface area contributed by atoms with Crippen molar-refractivity contribution in [1.82, 2.24) is 9.97 Å². The van der Waals surface area contributed by atoms with Gasteiger partial charge in [0.1, 0.15) is 5.58 Å². The van der Waals surface area contributed by atoms with Gasteiger partial charge in [0.05, 0.1) is 5.58 Å². The summed E-state index contributed by atoms with van der Waals surface area (Å²) in [6.07, 6.45) is 3.08. The monoisotopic (exact) mass is 756 g/mol. The van der Waals surface area contributed by atoms with Crippen LogP contribution in [0.25, 0.3) is 44.5 Å². The van der Waals surface area contributed by atoms with Gasteiger partial charge in [0.2, 0.25) is 0 Å². The largest absolute Gasteiger partial charge is 0.501 e. The van der Waals surface area contributed by atoms with Crippen LogP contribution < -0.4 is 5.19 Å². The van der Waals surface area contributed by atoms with Crippen molar-refractivity contribution in [3.05, 3.63) is 114 Å². The van der Waals surface area contributed by atoms with Gasteiger partial charge in [0.25, 0.3) is 0 Å². The van der Waals surface area contributed by atoms with E-state index in [4.69, 9.17) is 16.8 Å². The predicted molar refractivity (Wildman–Crippen MR) is 175 cm³/mol. The summed E-state index contributed by atoms with van der Waals surface area (Å²) in [4.78, 5) is 8.73. The number of furan rings is 1. The SMILES string of the molecule is Cc1ccnc(-c2[c-]cccc2)c1.[2H]C([2H])([2H])C(c1ccnc(-c2[c-]cc([Si](C)(C)C)c3c2oc2ccccc23)c1C)(C([2H])([2H])[2H])C([2H])([2H])[2H].[Ir]. The van der Waals surface area contributed by atoms with Gasteiger partial charge in [-0.3, -0.25) is 0 Å². The Morgan fingerprint density at radius 2 is 1.62 bits per heavy atom. The van der Waals surface area contributed by atoms with Crippen LogP contribution in [0.2, 0.25) is 19.6 Å². The van der Waals surface area contributed by atoms with Gasteiger partial charge in [-0.2, -0.15) is 0 Å². The molecule has 0 atom stereocenters. The quantitative estimate of drug-likeness (QED) is 0.134. The zero-order chi connectivity index (χ0) is 36.9. The summed E-state index contributed by atoms with van der Waals surface area (Å²) >= 11 is 0. The molecule has 0 spiro atoms. The van der Waals surface area contributed by atoms with Crippen LogP contribution in [0.5, 0.6) is 0 Å². The van der Waals surface area contributed by atoms with E-state index in [9.17, 15) is 0 Å². The maximum Gasteiger partial charge on any atom is 0.120 e. The van der Waals surface area contributed by atoms with Gasteiger partial charge in [-0.05, 0) is 54.4 Å². The van der Waals surface area contributed by atoms with Crippen molar-refractivity contribution in [2.45, 2.75) is 59.5 Å². The number of pyridine rings is 2. The van der Waals surface area contributed by atoms with E-state index < -0.39 is 34.0 Å². The van der Waals surface area contributed by atoms with Gasteiger partial charge in [0.15, 0.2) is 0 Å². The minimum absolute atomic E-state index is 0. The number of hydrogen-bond donors (Lipinski definition) is 0. The van der Waals surface area contributed by atoms with E-state index in [1.807, 2.05) is 66.9 Å². The molecule has 0 unspecified atom stereocenters. The molecule has 0 bridgehead atoms. The topological polar surface area (TPSA) is 38.9 Å². The minimum atomic E-state index is -3.37. The average molecular weight is 756 g/mol. The Labute approximate surface area is 277 Å². The second-order valence-corrected chi connectivity index (χ2v) is 16.2. The second kappa shape index (κ2) is 12.5. The Balaban J connectivity index is 0.000000348. The molecular formula is C37H38IrN2OSi-2. The number of benzene rings is 3. The molecule has 0 aliphatic carbocycles. The number of rotatable bonds is 3. The number of fused-ring (bicyclic) bond motifs is 3. The molecular weight excluding hydrogens is 709 g/mol. The van der Waals surface area contributed by atoms with Gasteiger partial charge in [-0.25, -0.2) is 0 Å². The fourth-order valence-corrected chi connectivity index (χ4v) is 6.47. The van der Waals surface area contributed by atoms with E-state index in [0.717, 1.165) is 27.2 Å². The van der Waals surface area contributed by atoms with Gasteiger partial charge in [-0.15, -0.1) is 53.2 Å². The molecule has 5 heteroatoms. The van der Waals surface area contributed by atoms with Crippen LogP contribution in [0.3, 0.4) is 0 Å². The van der Waals surface area contributed by atoms with Gasteiger partial charge < -0.3 is 14.4 Å². The molecule has 42 heavy (non-hydrogen) atoms. The molecule has 0 amide bonds. The van der Waals surface area contributed by atoms with E-state index in [2.05, 4.69) is 54.7 Å². The molecule has 3 aromatic heterocycles. The fraction of sp³-hybridized carbons (Fsp3) is 0.243. The number of nitrogens with zero attached hydrogens (tertiary/aromatic N) is 2. The van der Waals surface area contributed by atoms with Crippen molar-refractivity contribution in [1.29, 1.82) is 0 Å². The van der Waals surface area contributed by atoms with Gasteiger partial charge >= 0.3 is 0 Å². The zero-order valence-corrected chi connectivity index (χ0v) is 27.6. The molecule has 0 aliphatic heterocycles. The van der Waals surface area contributed by atoms with Crippen molar-refractivity contribution in [3.63, 3.8) is 0 Å². The number of para-hydroxylation sites is 1. The summed E-state index contributed by atoms with van der Waals surface area (Å²) in [7, 11) is -1.87. The molecule has 0 saturated carbocycles. The van der Waals surface area contributed by atoms with E-state index in [0.29, 0.717) is 16.7 Å². The summed E-state index contributed by atoms with van der Waals surface area (Å²) in [6.45, 7) is 0.0843. The Bertz CT molecular complexity index is 2120. The summed E-state index contributed by atoms with van der Waals surface area (Å²) in [5, 5.41) is 2.94. The maximum absolute atomic E-state index is 8.13. The molecule has 1 radical (unpaired) electrons. The zero-order valence-electron chi connectivity index (χ0n) is 33.2. The van der Waals surface area contributed by atoms with E-state index >= 15 is 0 Å². The van der Waals surface area contributed by atoms with Crippen LogP contribution in [-0.4, -0.2) is 18.0 Å². The van der Waals surface area contributed by atoms with Crippen LogP contribution in [0.4, 0.5) is 0 Å². The summed E-state index contributed by atoms with van der Waals surface area (Å²) in [6, 6.07) is 29.0. The van der Waals surface area contributed by atoms with Gasteiger partial charge in [0, 0.05) is 58.3 Å². The number of hydrogen-bond acceptors (Lipinski definition) is 3. The first kappa shape index (κ1) is 21.3. The molecule has 217 valence electrons. The van der Waals surface area contributed by atoms with Crippen molar-refractivity contribution < 1.29 is 36.9 Å². The Morgan fingerprint density at radius 3 is 2.31 bits per heavy atom. The van der Waals surface area contributed by atoms with E-state index in [1.54, 1.807) is 0 Å². The third-order valence-corrected chi connectivity index (χ3v) is 9.02. The Morgan fingerprint density at radius 1 is 0.881 bits per heavy atom. The first-order chi connectivity index (χ1) is 23.2. The van der Waals surface area contributed by atoms with Gasteiger partial charge in [-0.1, -0.05) is 86.5 Å². The molecule has 6 aromatic rings. The molecule has 3 nitrogen and oxygen atoms in total. The first-order valence-electron chi connectivity index (χ1n) is 17.9. The van der Waals surface area contributed by atoms with Crippen LogP contribution in [0.15, 0.2) is 89.6 Å². The van der Waals surface area contributed by atoms with Crippen molar-refractivity contribution in [2.75, 3.05) is 0 Å². The molecule has 3 aromatic carbocycles. The normalized spacial score (nSPS) is 15.7. The van der Waals surface area contributed by atoms with Crippen molar-refractivity contribution >= 4 is 35.2 Å². The third kappa shape index (κ3) is 6.49. The maximum atomic E-state index is 8.13. The van der Waals surface area contributed by atoms with E-state index in [-0.39, 0.29) is 36.9 Å². The third-order valence-electron chi connectivity index (χ3n) is 7.01. The molecule has 0 N–H and O–H groups in total.